The number of aromatic nitrogens is 4. The number of thioether (sulfide) groups is 1. The lowest BCUT2D eigenvalue weighted by atomic mass is 10.2. The van der Waals surface area contributed by atoms with Gasteiger partial charge in [0.15, 0.2) is 0 Å². The molecular formula is C17H23N5OS. The molecule has 0 radical (unpaired) electrons. The van der Waals surface area contributed by atoms with Crippen LogP contribution in [-0.2, 0) is 4.79 Å². The first-order chi connectivity index (χ1) is 11.6. The van der Waals surface area contributed by atoms with E-state index in [1.54, 1.807) is 4.68 Å². The Morgan fingerprint density at radius 1 is 1.12 bits per heavy atom. The summed E-state index contributed by atoms with van der Waals surface area (Å²) in [6.45, 7) is 5.71. The Balaban J connectivity index is 1.70. The van der Waals surface area contributed by atoms with Gasteiger partial charge in [0.2, 0.25) is 11.1 Å². The van der Waals surface area contributed by atoms with Crippen molar-refractivity contribution in [2.75, 3.05) is 13.1 Å². The Hall–Kier alpha value is -1.89. The van der Waals surface area contributed by atoms with Gasteiger partial charge in [0.05, 0.1) is 10.9 Å². The molecule has 0 N–H and O–H groups in total. The topological polar surface area (TPSA) is 63.9 Å². The molecule has 0 saturated carbocycles. The summed E-state index contributed by atoms with van der Waals surface area (Å²) in [7, 11) is 0. The van der Waals surface area contributed by atoms with E-state index in [0.717, 1.165) is 31.6 Å². The van der Waals surface area contributed by atoms with E-state index in [9.17, 15) is 4.79 Å². The van der Waals surface area contributed by atoms with Crippen molar-refractivity contribution >= 4 is 17.7 Å². The van der Waals surface area contributed by atoms with Crippen LogP contribution < -0.4 is 0 Å². The van der Waals surface area contributed by atoms with Crippen LogP contribution in [0.2, 0.25) is 0 Å². The van der Waals surface area contributed by atoms with Crippen molar-refractivity contribution in [1.82, 2.24) is 25.1 Å². The van der Waals surface area contributed by atoms with Crippen LogP contribution in [-0.4, -0.2) is 49.4 Å². The Bertz CT molecular complexity index is 677. The largest absolute Gasteiger partial charge is 0.342 e. The highest BCUT2D eigenvalue weighted by atomic mass is 32.2. The van der Waals surface area contributed by atoms with Crippen LogP contribution in [0.25, 0.3) is 5.69 Å². The molecule has 1 aromatic carbocycles. The predicted molar refractivity (Wildman–Crippen MR) is 94.3 cm³/mol. The molecule has 7 heteroatoms. The van der Waals surface area contributed by atoms with E-state index in [0.29, 0.717) is 5.16 Å². The lowest BCUT2D eigenvalue weighted by Gasteiger charge is -2.23. The van der Waals surface area contributed by atoms with Gasteiger partial charge >= 0.3 is 0 Å². The second-order valence-corrected chi connectivity index (χ2v) is 7.52. The molecule has 3 rings (SSSR count). The van der Waals surface area contributed by atoms with Gasteiger partial charge in [-0.1, -0.05) is 42.3 Å². The first kappa shape index (κ1) is 17.0. The van der Waals surface area contributed by atoms with E-state index < -0.39 is 0 Å². The zero-order valence-corrected chi connectivity index (χ0v) is 15.0. The minimum absolute atomic E-state index is 0.181. The number of nitrogens with zero attached hydrogens (tertiary/aromatic N) is 5. The van der Waals surface area contributed by atoms with Gasteiger partial charge in [0.1, 0.15) is 0 Å². The van der Waals surface area contributed by atoms with Crippen LogP contribution in [0.1, 0.15) is 38.2 Å². The normalized spacial score (nSPS) is 16.7. The summed E-state index contributed by atoms with van der Waals surface area (Å²) in [5, 5.41) is 12.4. The molecule has 1 amide bonds. The molecule has 1 atom stereocenters. The summed E-state index contributed by atoms with van der Waals surface area (Å²) in [5.74, 6) is 0.181. The summed E-state index contributed by atoms with van der Waals surface area (Å²) in [5.41, 5.74) is 2.09. The lowest BCUT2D eigenvalue weighted by Crippen LogP contribution is -2.37. The van der Waals surface area contributed by atoms with E-state index in [4.69, 9.17) is 0 Å². The highest BCUT2D eigenvalue weighted by Crippen LogP contribution is 2.25. The maximum absolute atomic E-state index is 12.7. The monoisotopic (exact) mass is 345 g/mol. The average Bonchev–Trinajstić information content (AvgIpc) is 2.87. The molecule has 0 aliphatic carbocycles. The molecule has 1 aliphatic heterocycles. The lowest BCUT2D eigenvalue weighted by molar-refractivity contribution is -0.130. The van der Waals surface area contributed by atoms with Crippen LogP contribution in [0.3, 0.4) is 0 Å². The van der Waals surface area contributed by atoms with Gasteiger partial charge in [-0.05, 0) is 49.2 Å². The standard InChI is InChI=1S/C17H23N5OS/c1-13-7-9-15(10-8-13)22-17(18-19-20-22)24-14(2)16(23)21-11-5-3-4-6-12-21/h7-10,14H,3-6,11-12H2,1-2H3/t14-/m1/s1. The summed E-state index contributed by atoms with van der Waals surface area (Å²) < 4.78 is 1.69. The maximum atomic E-state index is 12.7. The van der Waals surface area contributed by atoms with Gasteiger partial charge in [0, 0.05) is 13.1 Å². The molecule has 0 unspecified atom stereocenters. The van der Waals surface area contributed by atoms with E-state index in [-0.39, 0.29) is 11.2 Å². The molecule has 24 heavy (non-hydrogen) atoms. The smallest absolute Gasteiger partial charge is 0.235 e. The number of tetrazole rings is 1. The molecule has 0 bridgehead atoms. The fraction of sp³-hybridized carbons (Fsp3) is 0.529. The summed E-state index contributed by atoms with van der Waals surface area (Å²) in [6.07, 6.45) is 4.64. The Morgan fingerprint density at radius 3 is 2.46 bits per heavy atom. The van der Waals surface area contributed by atoms with Crippen molar-refractivity contribution in [2.45, 2.75) is 49.9 Å². The quantitative estimate of drug-likeness (QED) is 0.797. The second-order valence-electron chi connectivity index (χ2n) is 6.21. The Kier molecular flexibility index (Phi) is 5.50. The highest BCUT2D eigenvalue weighted by Gasteiger charge is 2.24. The van der Waals surface area contributed by atoms with Crippen LogP contribution in [0.15, 0.2) is 29.4 Å². The van der Waals surface area contributed by atoms with E-state index in [1.807, 2.05) is 43.0 Å². The molecule has 1 fully saturated rings. The maximum Gasteiger partial charge on any atom is 0.235 e. The van der Waals surface area contributed by atoms with Crippen molar-refractivity contribution in [3.05, 3.63) is 29.8 Å². The van der Waals surface area contributed by atoms with Crippen LogP contribution in [0.4, 0.5) is 0 Å². The van der Waals surface area contributed by atoms with Crippen LogP contribution in [0.5, 0.6) is 0 Å². The van der Waals surface area contributed by atoms with Gasteiger partial charge < -0.3 is 4.90 Å². The predicted octanol–water partition coefficient (Wildman–Crippen LogP) is 2.85. The Morgan fingerprint density at radius 2 is 1.79 bits per heavy atom. The third kappa shape index (κ3) is 3.95. The fourth-order valence-electron chi connectivity index (χ4n) is 2.86. The molecule has 1 aliphatic rings. The zero-order chi connectivity index (χ0) is 16.9. The van der Waals surface area contributed by atoms with Crippen molar-refractivity contribution in [3.63, 3.8) is 0 Å². The molecule has 1 aromatic heterocycles. The Labute approximate surface area is 146 Å². The van der Waals surface area contributed by atoms with Gasteiger partial charge in [-0.3, -0.25) is 4.79 Å². The van der Waals surface area contributed by atoms with Gasteiger partial charge in [-0.15, -0.1) is 5.10 Å². The average molecular weight is 345 g/mol. The molecule has 2 aromatic rings. The van der Waals surface area contributed by atoms with Crippen molar-refractivity contribution in [2.24, 2.45) is 0 Å². The van der Waals surface area contributed by atoms with Crippen molar-refractivity contribution < 1.29 is 4.79 Å². The first-order valence-corrected chi connectivity index (χ1v) is 9.34. The highest BCUT2D eigenvalue weighted by molar-refractivity contribution is 8.00. The van der Waals surface area contributed by atoms with Gasteiger partial charge in [-0.25, -0.2) is 0 Å². The number of likely N-dealkylation sites (tertiary alicyclic amines) is 1. The number of carbonyl (C=O) groups is 1. The number of rotatable bonds is 4. The molecule has 0 spiro atoms. The van der Waals surface area contributed by atoms with E-state index in [2.05, 4.69) is 15.5 Å². The van der Waals surface area contributed by atoms with Crippen LogP contribution in [0, 0.1) is 6.92 Å². The molecule has 6 nitrogen and oxygen atoms in total. The zero-order valence-electron chi connectivity index (χ0n) is 14.2. The molecule has 128 valence electrons. The number of aryl methyl sites for hydroxylation is 1. The van der Waals surface area contributed by atoms with Crippen molar-refractivity contribution in [1.29, 1.82) is 0 Å². The third-order valence-electron chi connectivity index (χ3n) is 4.27. The first-order valence-electron chi connectivity index (χ1n) is 8.46. The number of benzene rings is 1. The number of hydrogen-bond acceptors (Lipinski definition) is 5. The molecule has 2 heterocycles. The minimum atomic E-state index is -0.196. The van der Waals surface area contributed by atoms with Crippen LogP contribution >= 0.6 is 11.8 Å². The SMILES string of the molecule is Cc1ccc(-n2nnnc2S[C@H](C)C(=O)N2CCCCCC2)cc1. The third-order valence-corrected chi connectivity index (χ3v) is 5.29. The molecule has 1 saturated heterocycles. The summed E-state index contributed by atoms with van der Waals surface area (Å²) in [6, 6.07) is 8.02. The summed E-state index contributed by atoms with van der Waals surface area (Å²) in [4.78, 5) is 14.7. The summed E-state index contributed by atoms with van der Waals surface area (Å²) >= 11 is 1.42. The number of hydrogen-bond donors (Lipinski definition) is 0. The van der Waals surface area contributed by atoms with Gasteiger partial charge in [-0.2, -0.15) is 4.68 Å². The fourth-order valence-corrected chi connectivity index (χ4v) is 3.75. The van der Waals surface area contributed by atoms with Crippen molar-refractivity contribution in [3.8, 4) is 5.69 Å². The second kappa shape index (κ2) is 7.79. The van der Waals surface area contributed by atoms with E-state index in [1.165, 1.54) is 30.2 Å². The number of carbonyl (C=O) groups excluding carboxylic acids is 1. The minimum Gasteiger partial charge on any atom is -0.342 e. The number of amides is 1. The van der Waals surface area contributed by atoms with E-state index >= 15 is 0 Å². The molecular weight excluding hydrogens is 322 g/mol. The van der Waals surface area contributed by atoms with Gasteiger partial charge in [0.25, 0.3) is 0 Å².